The SMILES string of the molecule is COc1ccc(CN2CCN(C(=O)c3cc4ccccc4oc3=O)CC2)cc1. The maximum Gasteiger partial charge on any atom is 0.349 e. The predicted molar refractivity (Wildman–Crippen MR) is 107 cm³/mol. The van der Waals surface area contributed by atoms with Gasteiger partial charge in [0.25, 0.3) is 5.91 Å². The number of rotatable bonds is 4. The number of carbonyl (C=O) groups is 1. The van der Waals surface area contributed by atoms with Crippen LogP contribution in [0.2, 0.25) is 0 Å². The zero-order valence-electron chi connectivity index (χ0n) is 15.8. The Balaban J connectivity index is 1.41. The van der Waals surface area contributed by atoms with Crippen LogP contribution in [0, 0.1) is 0 Å². The summed E-state index contributed by atoms with van der Waals surface area (Å²) < 4.78 is 10.5. The van der Waals surface area contributed by atoms with Crippen LogP contribution in [0.5, 0.6) is 5.75 Å². The molecule has 0 unspecified atom stereocenters. The van der Waals surface area contributed by atoms with Gasteiger partial charge in [0.1, 0.15) is 16.9 Å². The summed E-state index contributed by atoms with van der Waals surface area (Å²) in [4.78, 5) is 29.1. The summed E-state index contributed by atoms with van der Waals surface area (Å²) in [6.45, 7) is 3.51. The molecule has 0 radical (unpaired) electrons. The quantitative estimate of drug-likeness (QED) is 0.654. The monoisotopic (exact) mass is 378 g/mol. The van der Waals surface area contributed by atoms with Gasteiger partial charge >= 0.3 is 5.63 Å². The van der Waals surface area contributed by atoms with Crippen LogP contribution >= 0.6 is 0 Å². The highest BCUT2D eigenvalue weighted by Crippen LogP contribution is 2.16. The first kappa shape index (κ1) is 18.3. The normalized spacial score (nSPS) is 15.0. The van der Waals surface area contributed by atoms with Gasteiger partial charge in [0.2, 0.25) is 0 Å². The molecule has 144 valence electrons. The number of benzene rings is 2. The van der Waals surface area contributed by atoms with Crippen molar-refractivity contribution in [2.45, 2.75) is 6.54 Å². The smallest absolute Gasteiger partial charge is 0.349 e. The number of hydrogen-bond donors (Lipinski definition) is 0. The largest absolute Gasteiger partial charge is 0.497 e. The lowest BCUT2D eigenvalue weighted by molar-refractivity contribution is 0.0624. The summed E-state index contributed by atoms with van der Waals surface area (Å²) in [5.74, 6) is 0.581. The minimum atomic E-state index is -0.579. The van der Waals surface area contributed by atoms with Crippen molar-refractivity contribution in [3.05, 3.63) is 76.1 Å². The Morgan fingerprint density at radius 2 is 1.75 bits per heavy atom. The number of piperazine rings is 1. The minimum absolute atomic E-state index is 0.0994. The Labute approximate surface area is 162 Å². The summed E-state index contributed by atoms with van der Waals surface area (Å²) in [6, 6.07) is 16.9. The number of amides is 1. The van der Waals surface area contributed by atoms with Crippen molar-refractivity contribution < 1.29 is 13.9 Å². The molecule has 0 atom stereocenters. The van der Waals surface area contributed by atoms with E-state index in [4.69, 9.17) is 9.15 Å². The average Bonchev–Trinajstić information content (AvgIpc) is 2.74. The number of nitrogens with zero attached hydrogens (tertiary/aromatic N) is 2. The fraction of sp³-hybridized carbons (Fsp3) is 0.273. The van der Waals surface area contributed by atoms with E-state index in [1.54, 1.807) is 30.2 Å². The first-order chi connectivity index (χ1) is 13.6. The Kier molecular flexibility index (Phi) is 5.12. The van der Waals surface area contributed by atoms with E-state index < -0.39 is 5.63 Å². The van der Waals surface area contributed by atoms with Gasteiger partial charge in [0.15, 0.2) is 0 Å². The lowest BCUT2D eigenvalue weighted by Crippen LogP contribution is -2.49. The van der Waals surface area contributed by atoms with Crippen LogP contribution in [0.3, 0.4) is 0 Å². The molecule has 1 aliphatic heterocycles. The van der Waals surface area contributed by atoms with Gasteiger partial charge in [-0.25, -0.2) is 4.79 Å². The predicted octanol–water partition coefficient (Wildman–Crippen LogP) is 2.76. The third-order valence-corrected chi connectivity index (χ3v) is 5.10. The molecule has 1 amide bonds. The van der Waals surface area contributed by atoms with Crippen molar-refractivity contribution in [1.82, 2.24) is 9.80 Å². The molecule has 0 saturated carbocycles. The molecule has 0 spiro atoms. The molecule has 6 heteroatoms. The molecule has 1 saturated heterocycles. The van der Waals surface area contributed by atoms with E-state index in [0.717, 1.165) is 30.8 Å². The zero-order chi connectivity index (χ0) is 19.5. The van der Waals surface area contributed by atoms with Gasteiger partial charge in [-0.05, 0) is 29.8 Å². The van der Waals surface area contributed by atoms with Crippen LogP contribution in [0.25, 0.3) is 11.0 Å². The molecule has 0 bridgehead atoms. The van der Waals surface area contributed by atoms with Crippen LogP contribution in [0.15, 0.2) is 63.8 Å². The van der Waals surface area contributed by atoms with E-state index in [1.165, 1.54) is 5.56 Å². The fourth-order valence-electron chi connectivity index (χ4n) is 3.48. The minimum Gasteiger partial charge on any atom is -0.497 e. The van der Waals surface area contributed by atoms with Crippen molar-refractivity contribution in [2.24, 2.45) is 0 Å². The van der Waals surface area contributed by atoms with Gasteiger partial charge in [-0.3, -0.25) is 9.69 Å². The number of hydrogen-bond acceptors (Lipinski definition) is 5. The Morgan fingerprint density at radius 3 is 2.46 bits per heavy atom. The van der Waals surface area contributed by atoms with Gasteiger partial charge in [-0.2, -0.15) is 0 Å². The van der Waals surface area contributed by atoms with Crippen molar-refractivity contribution in [3.63, 3.8) is 0 Å². The highest BCUT2D eigenvalue weighted by atomic mass is 16.5. The van der Waals surface area contributed by atoms with Crippen molar-refractivity contribution >= 4 is 16.9 Å². The van der Waals surface area contributed by atoms with Crippen LogP contribution in [-0.4, -0.2) is 49.0 Å². The number of carbonyl (C=O) groups excluding carboxylic acids is 1. The highest BCUT2D eigenvalue weighted by molar-refractivity contribution is 5.96. The second kappa shape index (κ2) is 7.86. The number of fused-ring (bicyclic) bond motifs is 1. The molecule has 0 N–H and O–H groups in total. The first-order valence-electron chi connectivity index (χ1n) is 9.31. The first-order valence-corrected chi connectivity index (χ1v) is 9.31. The van der Waals surface area contributed by atoms with Crippen molar-refractivity contribution in [1.29, 1.82) is 0 Å². The third kappa shape index (κ3) is 3.77. The maximum absolute atomic E-state index is 12.8. The van der Waals surface area contributed by atoms with Gasteiger partial charge in [0, 0.05) is 38.1 Å². The maximum atomic E-state index is 12.8. The highest BCUT2D eigenvalue weighted by Gasteiger charge is 2.25. The van der Waals surface area contributed by atoms with E-state index >= 15 is 0 Å². The molecule has 1 aliphatic rings. The second-order valence-corrected chi connectivity index (χ2v) is 6.90. The Morgan fingerprint density at radius 1 is 1.04 bits per heavy atom. The van der Waals surface area contributed by atoms with Crippen LogP contribution in [0.1, 0.15) is 15.9 Å². The number of ether oxygens (including phenoxy) is 1. The topological polar surface area (TPSA) is 63.0 Å². The molecule has 3 aromatic rings. The summed E-state index contributed by atoms with van der Waals surface area (Å²) in [5, 5.41) is 0.753. The summed E-state index contributed by atoms with van der Waals surface area (Å²) in [6.07, 6.45) is 0. The van der Waals surface area contributed by atoms with Crippen LogP contribution in [0.4, 0.5) is 0 Å². The Bertz CT molecular complexity index is 1030. The summed E-state index contributed by atoms with van der Waals surface area (Å²) in [7, 11) is 1.65. The molecular weight excluding hydrogens is 356 g/mol. The molecule has 6 nitrogen and oxygen atoms in total. The van der Waals surface area contributed by atoms with Gasteiger partial charge in [0.05, 0.1) is 7.11 Å². The molecular formula is C22H22N2O4. The molecule has 4 rings (SSSR count). The molecule has 2 aromatic carbocycles. The van der Waals surface area contributed by atoms with Gasteiger partial charge < -0.3 is 14.1 Å². The van der Waals surface area contributed by atoms with E-state index in [0.29, 0.717) is 18.7 Å². The number of para-hydroxylation sites is 1. The molecule has 1 aromatic heterocycles. The summed E-state index contributed by atoms with van der Waals surface area (Å²) in [5.41, 5.74) is 1.22. The molecule has 2 heterocycles. The molecule has 0 aliphatic carbocycles. The van der Waals surface area contributed by atoms with E-state index in [-0.39, 0.29) is 11.5 Å². The van der Waals surface area contributed by atoms with Crippen molar-refractivity contribution in [3.8, 4) is 5.75 Å². The molecule has 28 heavy (non-hydrogen) atoms. The Hall–Kier alpha value is -3.12. The van der Waals surface area contributed by atoms with E-state index in [9.17, 15) is 9.59 Å². The lowest BCUT2D eigenvalue weighted by atomic mass is 10.1. The van der Waals surface area contributed by atoms with Crippen LogP contribution in [-0.2, 0) is 6.54 Å². The van der Waals surface area contributed by atoms with E-state index in [1.807, 2.05) is 24.3 Å². The third-order valence-electron chi connectivity index (χ3n) is 5.10. The van der Waals surface area contributed by atoms with Crippen LogP contribution < -0.4 is 10.4 Å². The number of methoxy groups -OCH3 is 1. The van der Waals surface area contributed by atoms with Gasteiger partial charge in [-0.1, -0.05) is 30.3 Å². The molecule has 1 fully saturated rings. The standard InChI is InChI=1S/C22H22N2O4/c1-27-18-8-6-16(7-9-18)15-23-10-12-24(13-11-23)21(25)19-14-17-4-2-3-5-20(17)28-22(19)26/h2-9,14H,10-13,15H2,1H3. The van der Waals surface area contributed by atoms with E-state index in [2.05, 4.69) is 17.0 Å². The second-order valence-electron chi connectivity index (χ2n) is 6.90. The summed E-state index contributed by atoms with van der Waals surface area (Å²) >= 11 is 0. The lowest BCUT2D eigenvalue weighted by Gasteiger charge is -2.34. The fourth-order valence-corrected chi connectivity index (χ4v) is 3.48. The van der Waals surface area contributed by atoms with Gasteiger partial charge in [-0.15, -0.1) is 0 Å². The zero-order valence-corrected chi connectivity index (χ0v) is 15.8. The average molecular weight is 378 g/mol. The van der Waals surface area contributed by atoms with Crippen molar-refractivity contribution in [2.75, 3.05) is 33.3 Å².